The number of ether oxygens (including phenoxy) is 3. The Morgan fingerprint density at radius 3 is 0.892 bits per heavy atom. The summed E-state index contributed by atoms with van der Waals surface area (Å²) >= 11 is 0. The molecule has 0 aromatic carbocycles. The zero-order chi connectivity index (χ0) is 47.2. The largest absolute Gasteiger partial charge is 0.462 e. The van der Waals surface area contributed by atoms with Crippen molar-refractivity contribution < 1.29 is 28.6 Å². The Hall–Kier alpha value is -2.37. The lowest BCUT2D eigenvalue weighted by Crippen LogP contribution is -2.30. The maximum atomic E-state index is 12.8. The molecule has 0 heterocycles. The van der Waals surface area contributed by atoms with E-state index in [1.54, 1.807) is 0 Å². The van der Waals surface area contributed by atoms with E-state index in [1.807, 2.05) is 0 Å². The summed E-state index contributed by atoms with van der Waals surface area (Å²) in [5, 5.41) is 0. The molecule has 65 heavy (non-hydrogen) atoms. The van der Waals surface area contributed by atoms with Crippen molar-refractivity contribution in [1.29, 1.82) is 0 Å². The number of allylic oxidation sites excluding steroid dienone is 6. The van der Waals surface area contributed by atoms with Gasteiger partial charge in [0.1, 0.15) is 13.2 Å². The van der Waals surface area contributed by atoms with Crippen molar-refractivity contribution in [3.8, 4) is 0 Å². The minimum absolute atomic E-state index is 0.0711. The maximum absolute atomic E-state index is 12.8. The molecule has 0 bridgehead atoms. The van der Waals surface area contributed by atoms with Gasteiger partial charge >= 0.3 is 17.9 Å². The molecule has 0 aliphatic rings. The van der Waals surface area contributed by atoms with E-state index in [2.05, 4.69) is 57.2 Å². The molecule has 0 rings (SSSR count). The predicted octanol–water partition coefficient (Wildman–Crippen LogP) is 18.9. The first-order valence-corrected chi connectivity index (χ1v) is 28.5. The molecular weight excluding hydrogens is 805 g/mol. The van der Waals surface area contributed by atoms with Gasteiger partial charge < -0.3 is 14.2 Å². The van der Waals surface area contributed by atoms with E-state index in [4.69, 9.17) is 14.2 Å². The van der Waals surface area contributed by atoms with Gasteiger partial charge in [0.05, 0.1) is 0 Å². The third kappa shape index (κ3) is 52.5. The molecule has 0 spiro atoms. The van der Waals surface area contributed by atoms with Gasteiger partial charge in [-0.05, 0) is 77.0 Å². The van der Waals surface area contributed by atoms with E-state index >= 15 is 0 Å². The zero-order valence-electron chi connectivity index (χ0n) is 43.5. The van der Waals surface area contributed by atoms with Crippen molar-refractivity contribution in [2.75, 3.05) is 13.2 Å². The van der Waals surface area contributed by atoms with E-state index in [9.17, 15) is 14.4 Å². The molecule has 6 heteroatoms. The summed E-state index contributed by atoms with van der Waals surface area (Å²) < 4.78 is 16.8. The normalized spacial score (nSPS) is 12.2. The van der Waals surface area contributed by atoms with Crippen LogP contribution < -0.4 is 0 Å². The second-order valence-electron chi connectivity index (χ2n) is 19.2. The number of esters is 3. The predicted molar refractivity (Wildman–Crippen MR) is 279 cm³/mol. The number of carbonyl (C=O) groups excluding carboxylic acids is 3. The van der Waals surface area contributed by atoms with Crippen molar-refractivity contribution in [2.24, 2.45) is 0 Å². The molecule has 0 aromatic rings. The molecule has 380 valence electrons. The second kappa shape index (κ2) is 54.2. The van der Waals surface area contributed by atoms with Crippen LogP contribution >= 0.6 is 0 Å². The zero-order valence-corrected chi connectivity index (χ0v) is 43.5. The Labute approximate surface area is 404 Å². The van der Waals surface area contributed by atoms with Crippen LogP contribution in [-0.4, -0.2) is 37.2 Å². The number of hydrogen-bond donors (Lipinski definition) is 0. The fraction of sp³-hybridized carbons (Fsp3) is 0.847. The van der Waals surface area contributed by atoms with Crippen LogP contribution in [0.1, 0.15) is 303 Å². The van der Waals surface area contributed by atoms with Crippen molar-refractivity contribution in [3.05, 3.63) is 36.5 Å². The first-order valence-electron chi connectivity index (χ1n) is 28.5. The van der Waals surface area contributed by atoms with Crippen molar-refractivity contribution in [2.45, 2.75) is 309 Å². The molecule has 0 N–H and O–H groups in total. The fourth-order valence-electron chi connectivity index (χ4n) is 8.29. The summed E-state index contributed by atoms with van der Waals surface area (Å²) in [5.41, 5.74) is 0. The lowest BCUT2D eigenvalue weighted by Gasteiger charge is -2.18. The monoisotopic (exact) mass is 913 g/mol. The Morgan fingerprint density at radius 1 is 0.308 bits per heavy atom. The van der Waals surface area contributed by atoms with Gasteiger partial charge in [-0.25, -0.2) is 0 Å². The van der Waals surface area contributed by atoms with E-state index in [0.717, 1.165) is 64.2 Å². The highest BCUT2D eigenvalue weighted by molar-refractivity contribution is 5.71. The summed E-state index contributed by atoms with van der Waals surface area (Å²) in [4.78, 5) is 38.0. The van der Waals surface area contributed by atoms with Crippen LogP contribution in [0.4, 0.5) is 0 Å². The molecule has 6 nitrogen and oxygen atoms in total. The minimum atomic E-state index is -0.771. The van der Waals surface area contributed by atoms with Gasteiger partial charge in [-0.2, -0.15) is 0 Å². The van der Waals surface area contributed by atoms with Crippen LogP contribution in [0.25, 0.3) is 0 Å². The van der Waals surface area contributed by atoms with Crippen LogP contribution in [-0.2, 0) is 28.6 Å². The first kappa shape index (κ1) is 62.6. The Bertz CT molecular complexity index is 1090. The summed E-state index contributed by atoms with van der Waals surface area (Å²) in [6.07, 6.45) is 64.2. The molecule has 0 aromatic heterocycles. The molecule has 0 fully saturated rings. The molecular formula is C59H108O6. The average molecular weight is 914 g/mol. The highest BCUT2D eigenvalue weighted by Crippen LogP contribution is 2.16. The van der Waals surface area contributed by atoms with Gasteiger partial charge in [0.15, 0.2) is 6.10 Å². The second-order valence-corrected chi connectivity index (χ2v) is 19.2. The Kier molecular flexibility index (Phi) is 52.3. The molecule has 1 unspecified atom stereocenters. The van der Waals surface area contributed by atoms with Gasteiger partial charge in [-0.15, -0.1) is 0 Å². The van der Waals surface area contributed by atoms with Crippen LogP contribution in [0.3, 0.4) is 0 Å². The lowest BCUT2D eigenvalue weighted by atomic mass is 10.1. The molecule has 0 saturated heterocycles. The summed E-state index contributed by atoms with van der Waals surface area (Å²) in [5.74, 6) is -0.866. The fourth-order valence-corrected chi connectivity index (χ4v) is 8.29. The molecule has 0 saturated carbocycles. The number of rotatable bonds is 52. The topological polar surface area (TPSA) is 78.9 Å². The number of hydrogen-bond acceptors (Lipinski definition) is 6. The van der Waals surface area contributed by atoms with Crippen LogP contribution in [0, 0.1) is 0 Å². The first-order chi connectivity index (χ1) is 32.0. The highest BCUT2D eigenvalue weighted by atomic mass is 16.6. The van der Waals surface area contributed by atoms with E-state index in [0.29, 0.717) is 19.3 Å². The summed E-state index contributed by atoms with van der Waals surface area (Å²) in [6.45, 7) is 6.62. The van der Waals surface area contributed by atoms with Crippen molar-refractivity contribution in [1.82, 2.24) is 0 Å². The third-order valence-corrected chi connectivity index (χ3v) is 12.6. The van der Waals surface area contributed by atoms with Crippen molar-refractivity contribution in [3.63, 3.8) is 0 Å². The van der Waals surface area contributed by atoms with Gasteiger partial charge in [0.2, 0.25) is 0 Å². The quantitative estimate of drug-likeness (QED) is 0.0262. The van der Waals surface area contributed by atoms with E-state index in [1.165, 1.54) is 199 Å². The van der Waals surface area contributed by atoms with Crippen molar-refractivity contribution >= 4 is 17.9 Å². The smallest absolute Gasteiger partial charge is 0.306 e. The van der Waals surface area contributed by atoms with Crippen LogP contribution in [0.2, 0.25) is 0 Å². The van der Waals surface area contributed by atoms with Crippen LogP contribution in [0.15, 0.2) is 36.5 Å². The highest BCUT2D eigenvalue weighted by Gasteiger charge is 2.19. The average Bonchev–Trinajstić information content (AvgIpc) is 3.30. The van der Waals surface area contributed by atoms with Gasteiger partial charge in [0, 0.05) is 19.3 Å². The standard InChI is InChI=1S/C59H108O6/c1-4-7-10-13-16-19-21-23-25-27-29-31-33-35-37-40-43-46-49-52-58(61)64-55-56(54-63-57(60)51-48-45-42-39-18-15-12-9-6-3)65-59(62)53-50-47-44-41-38-36-34-32-30-28-26-24-22-20-17-14-11-8-5-2/h16,19,23-26,56H,4-15,17-18,20-22,27-55H2,1-3H3/b19-16-,25-23-,26-24-. The molecule has 1 atom stereocenters. The van der Waals surface area contributed by atoms with Gasteiger partial charge in [-0.3, -0.25) is 14.4 Å². The van der Waals surface area contributed by atoms with E-state index in [-0.39, 0.29) is 31.1 Å². The van der Waals surface area contributed by atoms with E-state index < -0.39 is 6.10 Å². The molecule has 0 amide bonds. The molecule has 0 aliphatic heterocycles. The Balaban J connectivity index is 4.26. The summed E-state index contributed by atoms with van der Waals surface area (Å²) in [6, 6.07) is 0. The molecule has 0 aliphatic carbocycles. The van der Waals surface area contributed by atoms with Crippen LogP contribution in [0.5, 0.6) is 0 Å². The lowest BCUT2D eigenvalue weighted by molar-refractivity contribution is -0.167. The third-order valence-electron chi connectivity index (χ3n) is 12.6. The number of carbonyl (C=O) groups is 3. The SMILES string of the molecule is CCCCC/C=C\C/C=C\CCCCCCCCCCCC(=O)OCC(COC(=O)CCCCCCCCCCC)OC(=O)CCCCCCCCCCC/C=C\CCCCCCCC. The van der Waals surface area contributed by atoms with Gasteiger partial charge in [-0.1, -0.05) is 243 Å². The minimum Gasteiger partial charge on any atom is -0.462 e. The Morgan fingerprint density at radius 2 is 0.554 bits per heavy atom. The summed E-state index contributed by atoms with van der Waals surface area (Å²) in [7, 11) is 0. The molecule has 0 radical (unpaired) electrons. The number of unbranched alkanes of at least 4 members (excludes halogenated alkanes) is 35. The van der Waals surface area contributed by atoms with Gasteiger partial charge in [0.25, 0.3) is 0 Å². The maximum Gasteiger partial charge on any atom is 0.306 e.